The molecule has 6 atom stereocenters. The van der Waals surface area contributed by atoms with Crippen LogP contribution in [0.4, 0.5) is 0 Å². The van der Waals surface area contributed by atoms with Gasteiger partial charge in [0, 0.05) is 6.92 Å². The number of aliphatic hydroxyl groups is 5. The monoisotopic (exact) mass is 367 g/mol. The molecule has 0 aliphatic carbocycles. The van der Waals surface area contributed by atoms with Gasteiger partial charge in [-0.05, 0) is 0 Å². The predicted octanol–water partition coefficient (Wildman–Crippen LogP) is -4.33. The normalized spacial score (nSPS) is 31.7. The fourth-order valence-corrected chi connectivity index (χ4v) is 2.44. The van der Waals surface area contributed by atoms with Crippen molar-refractivity contribution in [1.29, 1.82) is 0 Å². The summed E-state index contributed by atoms with van der Waals surface area (Å²) < 4.78 is 9.83. The molecule has 144 valence electrons. The lowest BCUT2D eigenvalue weighted by molar-refractivity contribution is -0.296. The zero-order valence-corrected chi connectivity index (χ0v) is 13.2. The van der Waals surface area contributed by atoms with E-state index in [-0.39, 0.29) is 0 Å². The lowest BCUT2D eigenvalue weighted by atomic mass is 9.88. The summed E-state index contributed by atoms with van der Waals surface area (Å²) in [5.74, 6) is -6.59. The van der Waals surface area contributed by atoms with Gasteiger partial charge in [-0.3, -0.25) is 9.59 Å². The lowest BCUT2D eigenvalue weighted by Gasteiger charge is -2.45. The number of carbonyl (C=O) groups excluding carboxylic acids is 2. The van der Waals surface area contributed by atoms with Crippen LogP contribution in [-0.2, 0) is 23.9 Å². The largest absolute Gasteiger partial charge is 0.477 e. The van der Waals surface area contributed by atoms with Gasteiger partial charge in [0.05, 0.1) is 19.1 Å². The molecule has 0 aromatic carbocycles. The van der Waals surface area contributed by atoms with Crippen LogP contribution in [-0.4, -0.2) is 97.9 Å². The molecule has 1 amide bonds. The van der Waals surface area contributed by atoms with E-state index < -0.39 is 73.7 Å². The molecule has 0 bridgehead atoms. The fourth-order valence-electron chi connectivity index (χ4n) is 2.44. The van der Waals surface area contributed by atoms with E-state index >= 15 is 0 Å². The number of ether oxygens (including phenoxy) is 2. The van der Waals surface area contributed by atoms with Crippen LogP contribution in [0.15, 0.2) is 0 Å². The molecule has 0 radical (unpaired) electrons. The van der Waals surface area contributed by atoms with Crippen molar-refractivity contribution in [3.05, 3.63) is 0 Å². The molecular weight excluding hydrogens is 346 g/mol. The average molecular weight is 367 g/mol. The molecule has 1 fully saturated rings. The van der Waals surface area contributed by atoms with E-state index in [2.05, 4.69) is 5.32 Å². The highest BCUT2D eigenvalue weighted by Gasteiger charge is 2.55. The van der Waals surface area contributed by atoms with Gasteiger partial charge in [-0.25, -0.2) is 4.79 Å². The zero-order chi connectivity index (χ0) is 19.4. The summed E-state index contributed by atoms with van der Waals surface area (Å²) in [6.07, 6.45) is -7.81. The zero-order valence-electron chi connectivity index (χ0n) is 13.2. The second kappa shape index (κ2) is 8.51. The van der Waals surface area contributed by atoms with Crippen LogP contribution in [0.25, 0.3) is 0 Å². The number of carboxylic acids is 1. The van der Waals surface area contributed by atoms with Crippen LogP contribution < -0.4 is 5.32 Å². The summed E-state index contributed by atoms with van der Waals surface area (Å²) in [4.78, 5) is 34.0. The average Bonchev–Trinajstić information content (AvgIpc) is 2.54. The van der Waals surface area contributed by atoms with Crippen molar-refractivity contribution in [2.75, 3.05) is 13.2 Å². The maximum absolute atomic E-state index is 11.5. The highest BCUT2D eigenvalue weighted by atomic mass is 16.7. The summed E-state index contributed by atoms with van der Waals surface area (Å²) in [7, 11) is 0. The van der Waals surface area contributed by atoms with Crippen molar-refractivity contribution < 1.29 is 54.5 Å². The Kier molecular flexibility index (Phi) is 7.22. The standard InChI is InChI=1S/C13H21NO11/c1-5(17)24-7-2-13(23,12(21)22)25-11(10(20)6(18)3-15)9(7)14-8(19)4-16/h6-7,9-11,15-16,18,20,23H,2-4H2,1H3,(H,14,19)(H,21,22). The first-order valence-electron chi connectivity index (χ1n) is 7.23. The van der Waals surface area contributed by atoms with Gasteiger partial charge in [0.15, 0.2) is 0 Å². The number of carboxylic acid groups (broad SMARTS) is 1. The third kappa shape index (κ3) is 5.07. The van der Waals surface area contributed by atoms with E-state index in [0.29, 0.717) is 0 Å². The number of aliphatic carboxylic acids is 1. The van der Waals surface area contributed by atoms with Crippen LogP contribution in [0, 0.1) is 0 Å². The van der Waals surface area contributed by atoms with Gasteiger partial charge >= 0.3 is 11.9 Å². The van der Waals surface area contributed by atoms with E-state index in [1.807, 2.05) is 0 Å². The molecular formula is C13H21NO11. The molecule has 0 aromatic rings. The summed E-state index contributed by atoms with van der Waals surface area (Å²) in [6, 6.07) is -1.42. The number of rotatable bonds is 7. The van der Waals surface area contributed by atoms with E-state index in [1.54, 1.807) is 0 Å². The highest BCUT2D eigenvalue weighted by Crippen LogP contribution is 2.32. The third-order valence-corrected chi connectivity index (χ3v) is 3.60. The van der Waals surface area contributed by atoms with Gasteiger partial charge in [0.2, 0.25) is 5.91 Å². The molecule has 1 heterocycles. The predicted molar refractivity (Wildman–Crippen MR) is 75.7 cm³/mol. The van der Waals surface area contributed by atoms with Crippen molar-refractivity contribution in [3.63, 3.8) is 0 Å². The van der Waals surface area contributed by atoms with Crippen LogP contribution in [0.5, 0.6) is 0 Å². The molecule has 0 spiro atoms. The van der Waals surface area contributed by atoms with E-state index in [9.17, 15) is 29.7 Å². The molecule has 25 heavy (non-hydrogen) atoms. The van der Waals surface area contributed by atoms with Gasteiger partial charge < -0.3 is 45.4 Å². The van der Waals surface area contributed by atoms with Gasteiger partial charge in [0.1, 0.15) is 31.0 Å². The summed E-state index contributed by atoms with van der Waals surface area (Å²) in [5.41, 5.74) is 0. The molecule has 1 saturated heterocycles. The van der Waals surface area contributed by atoms with E-state index in [4.69, 9.17) is 24.8 Å². The molecule has 6 unspecified atom stereocenters. The van der Waals surface area contributed by atoms with Crippen LogP contribution >= 0.6 is 0 Å². The molecule has 7 N–H and O–H groups in total. The summed E-state index contributed by atoms with van der Waals surface area (Å²) >= 11 is 0. The van der Waals surface area contributed by atoms with Crippen LogP contribution in [0.1, 0.15) is 13.3 Å². The number of hydrogen-bond acceptors (Lipinski definition) is 10. The Bertz CT molecular complexity index is 512. The second-order valence-electron chi connectivity index (χ2n) is 5.52. The minimum absolute atomic E-state index is 0.795. The topological polar surface area (TPSA) is 203 Å². The van der Waals surface area contributed by atoms with Crippen molar-refractivity contribution in [1.82, 2.24) is 5.32 Å². The Morgan fingerprint density at radius 1 is 1.32 bits per heavy atom. The van der Waals surface area contributed by atoms with Gasteiger partial charge in [0.25, 0.3) is 5.79 Å². The second-order valence-corrected chi connectivity index (χ2v) is 5.52. The van der Waals surface area contributed by atoms with E-state index in [0.717, 1.165) is 6.92 Å². The Morgan fingerprint density at radius 3 is 2.36 bits per heavy atom. The maximum atomic E-state index is 11.5. The van der Waals surface area contributed by atoms with Crippen LogP contribution in [0.3, 0.4) is 0 Å². The fraction of sp³-hybridized carbons (Fsp3) is 0.769. The lowest BCUT2D eigenvalue weighted by Crippen LogP contribution is -2.68. The smallest absolute Gasteiger partial charge is 0.364 e. The highest BCUT2D eigenvalue weighted by molar-refractivity contribution is 5.78. The Labute approximate surface area is 141 Å². The number of carbonyl (C=O) groups is 3. The molecule has 12 nitrogen and oxygen atoms in total. The first kappa shape index (κ1) is 21.2. The van der Waals surface area contributed by atoms with Crippen molar-refractivity contribution in [3.8, 4) is 0 Å². The Hall–Kier alpha value is -1.83. The minimum atomic E-state index is -2.89. The van der Waals surface area contributed by atoms with Gasteiger partial charge in [-0.1, -0.05) is 0 Å². The Morgan fingerprint density at radius 2 is 1.92 bits per heavy atom. The Balaban J connectivity index is 3.27. The molecule has 1 aliphatic rings. The van der Waals surface area contributed by atoms with Gasteiger partial charge in [-0.2, -0.15) is 0 Å². The minimum Gasteiger partial charge on any atom is -0.477 e. The quantitative estimate of drug-likeness (QED) is 0.214. The SMILES string of the molecule is CC(=O)OC1CC(O)(C(=O)O)OC(C(O)C(O)CO)C1NC(=O)CO. The number of aliphatic hydroxyl groups excluding tert-OH is 4. The first-order chi connectivity index (χ1) is 11.6. The number of amides is 1. The molecule has 1 rings (SSSR count). The third-order valence-electron chi connectivity index (χ3n) is 3.60. The first-order valence-corrected chi connectivity index (χ1v) is 7.23. The maximum Gasteiger partial charge on any atom is 0.364 e. The number of esters is 1. The molecule has 12 heteroatoms. The number of hydrogen-bond donors (Lipinski definition) is 7. The molecule has 0 aromatic heterocycles. The van der Waals surface area contributed by atoms with Gasteiger partial charge in [-0.15, -0.1) is 0 Å². The van der Waals surface area contributed by atoms with Crippen molar-refractivity contribution in [2.45, 2.75) is 49.6 Å². The van der Waals surface area contributed by atoms with Crippen LogP contribution in [0.2, 0.25) is 0 Å². The molecule has 0 saturated carbocycles. The molecule has 1 aliphatic heterocycles. The summed E-state index contributed by atoms with van der Waals surface area (Å²) in [5, 5.41) is 58.8. The van der Waals surface area contributed by atoms with Crippen molar-refractivity contribution in [2.24, 2.45) is 0 Å². The van der Waals surface area contributed by atoms with E-state index in [1.165, 1.54) is 0 Å². The number of nitrogens with one attached hydrogen (secondary N) is 1. The summed E-state index contributed by atoms with van der Waals surface area (Å²) in [6.45, 7) is -0.919. The van der Waals surface area contributed by atoms with Crippen molar-refractivity contribution >= 4 is 17.8 Å².